The van der Waals surface area contributed by atoms with Crippen molar-refractivity contribution in [1.29, 1.82) is 0 Å². The normalized spacial score (nSPS) is 10.7. The van der Waals surface area contributed by atoms with Gasteiger partial charge in [-0.1, -0.05) is 0 Å². The number of carboxylic acid groups (broad SMARTS) is 1. The quantitative estimate of drug-likeness (QED) is 0.767. The number of carboxylic acids is 1. The lowest BCUT2D eigenvalue weighted by atomic mass is 10.2. The molecule has 0 saturated carbocycles. The Labute approximate surface area is 116 Å². The maximum Gasteiger partial charge on any atom is 0.304 e. The summed E-state index contributed by atoms with van der Waals surface area (Å²) in [6.45, 7) is 8.59. The summed E-state index contributed by atoms with van der Waals surface area (Å²) in [7, 11) is 1.76. The maximum atomic E-state index is 12.0. The first-order valence-corrected chi connectivity index (χ1v) is 5.97. The summed E-state index contributed by atoms with van der Waals surface area (Å²) in [5.74, 6) is -0.795. The Balaban J connectivity index is 0. The molecule has 0 aromatic heterocycles. The Morgan fingerprint density at radius 2 is 1.56 bits per heavy atom. The fourth-order valence-electron chi connectivity index (χ4n) is 1.85. The van der Waals surface area contributed by atoms with Gasteiger partial charge in [-0.05, 0) is 34.7 Å². The molecule has 0 fully saturated rings. The van der Waals surface area contributed by atoms with Gasteiger partial charge in [-0.15, -0.1) is 12.4 Å². The standard InChI is InChI=1S/C12H24N2O3.ClH/c1-9(2)14(10(3)4)11(15)8-13(5)7-6-12(16)17;/h9-10H,6-8H2,1-5H3,(H,16,17);1H. The van der Waals surface area contributed by atoms with Crippen molar-refractivity contribution in [3.05, 3.63) is 0 Å². The molecule has 0 aromatic carbocycles. The minimum Gasteiger partial charge on any atom is -0.481 e. The molecule has 5 nitrogen and oxygen atoms in total. The van der Waals surface area contributed by atoms with Crippen molar-refractivity contribution in [1.82, 2.24) is 9.80 Å². The van der Waals surface area contributed by atoms with Gasteiger partial charge in [-0.25, -0.2) is 0 Å². The lowest BCUT2D eigenvalue weighted by molar-refractivity contribution is -0.139. The van der Waals surface area contributed by atoms with Crippen molar-refractivity contribution in [2.45, 2.75) is 46.2 Å². The number of amides is 1. The minimum absolute atomic E-state index is 0. The van der Waals surface area contributed by atoms with Crippen LogP contribution in [0, 0.1) is 0 Å². The van der Waals surface area contributed by atoms with Gasteiger partial charge >= 0.3 is 5.97 Å². The van der Waals surface area contributed by atoms with E-state index in [9.17, 15) is 9.59 Å². The van der Waals surface area contributed by atoms with Crippen molar-refractivity contribution in [2.75, 3.05) is 20.1 Å². The van der Waals surface area contributed by atoms with Crippen molar-refractivity contribution >= 4 is 24.3 Å². The molecular weight excluding hydrogens is 256 g/mol. The molecule has 18 heavy (non-hydrogen) atoms. The molecule has 0 aliphatic carbocycles. The smallest absolute Gasteiger partial charge is 0.304 e. The summed E-state index contributed by atoms with van der Waals surface area (Å²) in [4.78, 5) is 26.0. The first-order chi connectivity index (χ1) is 7.75. The van der Waals surface area contributed by atoms with E-state index in [1.54, 1.807) is 11.9 Å². The number of rotatable bonds is 7. The van der Waals surface area contributed by atoms with E-state index in [1.807, 2.05) is 32.6 Å². The molecule has 0 radical (unpaired) electrons. The van der Waals surface area contributed by atoms with Crippen molar-refractivity contribution in [3.63, 3.8) is 0 Å². The third-order valence-corrected chi connectivity index (χ3v) is 2.51. The highest BCUT2D eigenvalue weighted by atomic mass is 35.5. The van der Waals surface area contributed by atoms with Gasteiger partial charge in [0.15, 0.2) is 0 Å². The highest BCUT2D eigenvalue weighted by Crippen LogP contribution is 2.06. The third kappa shape index (κ3) is 7.50. The highest BCUT2D eigenvalue weighted by molar-refractivity contribution is 5.85. The molecule has 0 aliphatic rings. The van der Waals surface area contributed by atoms with Crippen LogP contribution in [-0.2, 0) is 9.59 Å². The molecule has 0 rings (SSSR count). The lowest BCUT2D eigenvalue weighted by Gasteiger charge is -2.32. The second-order valence-corrected chi connectivity index (χ2v) is 4.87. The molecule has 0 aromatic rings. The number of carbonyl (C=O) groups excluding carboxylic acids is 1. The average Bonchev–Trinajstić information content (AvgIpc) is 2.12. The van der Waals surface area contributed by atoms with E-state index in [0.29, 0.717) is 6.54 Å². The molecule has 6 heteroatoms. The number of hydrogen-bond donors (Lipinski definition) is 1. The third-order valence-electron chi connectivity index (χ3n) is 2.51. The minimum atomic E-state index is -0.839. The number of likely N-dealkylation sites (N-methyl/N-ethyl adjacent to an activating group) is 1. The van der Waals surface area contributed by atoms with Crippen molar-refractivity contribution in [2.24, 2.45) is 0 Å². The van der Waals surface area contributed by atoms with Crippen molar-refractivity contribution < 1.29 is 14.7 Å². The Kier molecular flexibility index (Phi) is 9.94. The van der Waals surface area contributed by atoms with E-state index in [1.165, 1.54) is 0 Å². The number of aliphatic carboxylic acids is 1. The summed E-state index contributed by atoms with van der Waals surface area (Å²) < 4.78 is 0. The Bertz CT molecular complexity index is 262. The van der Waals surface area contributed by atoms with Crippen LogP contribution in [0.1, 0.15) is 34.1 Å². The first-order valence-electron chi connectivity index (χ1n) is 5.97. The first kappa shape index (κ1) is 19.5. The van der Waals surface area contributed by atoms with Crippen LogP contribution < -0.4 is 0 Å². The van der Waals surface area contributed by atoms with Crippen LogP contribution in [0.25, 0.3) is 0 Å². The zero-order valence-corrected chi connectivity index (χ0v) is 12.7. The molecule has 0 spiro atoms. The molecule has 0 aliphatic heterocycles. The molecule has 0 saturated heterocycles. The molecule has 0 bridgehead atoms. The highest BCUT2D eigenvalue weighted by Gasteiger charge is 2.21. The summed E-state index contributed by atoms with van der Waals surface area (Å²) in [5, 5.41) is 8.56. The van der Waals surface area contributed by atoms with Crippen LogP contribution in [0.3, 0.4) is 0 Å². The molecule has 1 N–H and O–H groups in total. The fourth-order valence-corrected chi connectivity index (χ4v) is 1.85. The van der Waals surface area contributed by atoms with E-state index in [0.717, 1.165) is 0 Å². The maximum absolute atomic E-state index is 12.0. The van der Waals surface area contributed by atoms with Crippen LogP contribution in [0.4, 0.5) is 0 Å². The summed E-state index contributed by atoms with van der Waals surface area (Å²) in [6, 6.07) is 0.325. The van der Waals surface area contributed by atoms with E-state index in [2.05, 4.69) is 0 Å². The second-order valence-electron chi connectivity index (χ2n) is 4.87. The summed E-state index contributed by atoms with van der Waals surface area (Å²) >= 11 is 0. The second kappa shape index (κ2) is 9.16. The van der Waals surface area contributed by atoms with Crippen LogP contribution in [0.15, 0.2) is 0 Å². The van der Waals surface area contributed by atoms with Gasteiger partial charge < -0.3 is 10.0 Å². The Hall–Kier alpha value is -0.810. The number of halogens is 1. The van der Waals surface area contributed by atoms with Gasteiger partial charge in [0.25, 0.3) is 0 Å². The number of hydrogen-bond acceptors (Lipinski definition) is 3. The Morgan fingerprint density at radius 3 is 1.89 bits per heavy atom. The molecule has 0 unspecified atom stereocenters. The van der Waals surface area contributed by atoms with Gasteiger partial charge in [0, 0.05) is 18.6 Å². The number of carbonyl (C=O) groups is 2. The van der Waals surface area contributed by atoms with E-state index in [4.69, 9.17) is 5.11 Å². The summed E-state index contributed by atoms with van der Waals surface area (Å²) in [6.07, 6.45) is 0.0626. The van der Waals surface area contributed by atoms with Crippen LogP contribution >= 0.6 is 12.4 Å². The van der Waals surface area contributed by atoms with Gasteiger partial charge in [0.05, 0.1) is 13.0 Å². The van der Waals surface area contributed by atoms with E-state index < -0.39 is 5.97 Å². The molecule has 1 amide bonds. The SMILES string of the molecule is CC(C)N(C(=O)CN(C)CCC(=O)O)C(C)C.Cl. The van der Waals surface area contributed by atoms with E-state index >= 15 is 0 Å². The van der Waals surface area contributed by atoms with Gasteiger partial charge in [0.2, 0.25) is 5.91 Å². The predicted octanol–water partition coefficient (Wildman–Crippen LogP) is 1.46. The molecule has 108 valence electrons. The predicted molar refractivity (Wildman–Crippen MR) is 74.1 cm³/mol. The van der Waals surface area contributed by atoms with Gasteiger partial charge in [0.1, 0.15) is 0 Å². The van der Waals surface area contributed by atoms with Gasteiger partial charge in [-0.2, -0.15) is 0 Å². The average molecular weight is 281 g/mol. The molecular formula is C12H25ClN2O3. The molecule has 0 atom stereocenters. The molecule has 0 heterocycles. The van der Waals surface area contributed by atoms with Crippen LogP contribution in [0.5, 0.6) is 0 Å². The lowest BCUT2D eigenvalue weighted by Crippen LogP contribution is -2.46. The topological polar surface area (TPSA) is 60.9 Å². The zero-order valence-electron chi connectivity index (χ0n) is 11.8. The van der Waals surface area contributed by atoms with Crippen LogP contribution in [0.2, 0.25) is 0 Å². The number of nitrogens with zero attached hydrogens (tertiary/aromatic N) is 2. The monoisotopic (exact) mass is 280 g/mol. The Morgan fingerprint density at radius 1 is 1.11 bits per heavy atom. The zero-order chi connectivity index (χ0) is 13.6. The summed E-state index contributed by atoms with van der Waals surface area (Å²) in [5.41, 5.74) is 0. The largest absolute Gasteiger partial charge is 0.481 e. The fraction of sp³-hybridized carbons (Fsp3) is 0.833. The van der Waals surface area contributed by atoms with Crippen LogP contribution in [-0.4, -0.2) is 59.0 Å². The van der Waals surface area contributed by atoms with Crippen molar-refractivity contribution in [3.8, 4) is 0 Å². The van der Waals surface area contributed by atoms with E-state index in [-0.39, 0.29) is 43.4 Å². The van der Waals surface area contributed by atoms with Gasteiger partial charge in [-0.3, -0.25) is 14.5 Å².